The molecule has 1 heterocycles. The van der Waals surface area contributed by atoms with E-state index in [1.807, 2.05) is 18.9 Å². The summed E-state index contributed by atoms with van der Waals surface area (Å²) in [7, 11) is 3.43. The molecular weight excluding hydrogens is 306 g/mol. The third kappa shape index (κ3) is 2.77. The molecule has 6 nitrogen and oxygen atoms in total. The minimum atomic E-state index is -0.210. The minimum absolute atomic E-state index is 0.0966. The molecule has 1 amide bonds. The molecule has 1 aromatic rings. The highest BCUT2D eigenvalue weighted by Gasteiger charge is 2.57. The highest BCUT2D eigenvalue weighted by molar-refractivity contribution is 5.92. The average molecular weight is 333 g/mol. The molecule has 2 saturated carbocycles. The first kappa shape index (κ1) is 17.1. The van der Waals surface area contributed by atoms with E-state index >= 15 is 0 Å². The molecule has 2 fully saturated rings. The second kappa shape index (κ2) is 6.67. The maximum Gasteiger partial charge on any atom is 0.274 e. The Bertz CT molecular complexity index is 664. The Balaban J connectivity index is 1.80. The van der Waals surface area contributed by atoms with Gasteiger partial charge in [-0.25, -0.2) is 4.68 Å². The van der Waals surface area contributed by atoms with E-state index in [0.717, 1.165) is 25.9 Å². The zero-order valence-electron chi connectivity index (χ0n) is 14.8. The number of nitrogens with zero attached hydrogens (tertiary/aromatic N) is 3. The summed E-state index contributed by atoms with van der Waals surface area (Å²) in [4.78, 5) is 26.1. The number of aryl methyl sites for hydroxylation is 1. The number of carbonyl (C=O) groups excluding carboxylic acids is 1. The van der Waals surface area contributed by atoms with Gasteiger partial charge in [-0.05, 0) is 32.3 Å². The fourth-order valence-corrected chi connectivity index (χ4v) is 4.51. The predicted molar refractivity (Wildman–Crippen MR) is 90.9 cm³/mol. The summed E-state index contributed by atoms with van der Waals surface area (Å²) < 4.78 is 7.18. The highest BCUT2D eigenvalue weighted by atomic mass is 16.5. The molecule has 1 spiro atoms. The summed E-state index contributed by atoms with van der Waals surface area (Å²) in [5, 5.41) is 4.11. The molecule has 0 N–H and O–H groups in total. The quantitative estimate of drug-likeness (QED) is 0.845. The van der Waals surface area contributed by atoms with Gasteiger partial charge in [0.15, 0.2) is 0 Å². The summed E-state index contributed by atoms with van der Waals surface area (Å²) in [6.07, 6.45) is 7.09. The van der Waals surface area contributed by atoms with E-state index in [2.05, 4.69) is 5.10 Å². The molecule has 0 bridgehead atoms. The molecule has 0 aliphatic heterocycles. The molecule has 1 aromatic heterocycles. The first-order valence-electron chi connectivity index (χ1n) is 8.92. The molecule has 0 radical (unpaired) electrons. The van der Waals surface area contributed by atoms with Gasteiger partial charge < -0.3 is 9.64 Å². The van der Waals surface area contributed by atoms with Gasteiger partial charge in [-0.3, -0.25) is 9.59 Å². The molecule has 24 heavy (non-hydrogen) atoms. The van der Waals surface area contributed by atoms with E-state index in [-0.39, 0.29) is 29.0 Å². The summed E-state index contributed by atoms with van der Waals surface area (Å²) >= 11 is 0. The number of hydrogen-bond acceptors (Lipinski definition) is 4. The summed E-state index contributed by atoms with van der Waals surface area (Å²) in [5.74, 6) is -0.115. The third-order valence-corrected chi connectivity index (χ3v) is 5.86. The second-order valence-corrected chi connectivity index (χ2v) is 7.09. The molecule has 2 aliphatic carbocycles. The van der Waals surface area contributed by atoms with Crippen molar-refractivity contribution in [2.45, 2.75) is 57.6 Å². The van der Waals surface area contributed by atoms with Gasteiger partial charge in [0.1, 0.15) is 5.69 Å². The van der Waals surface area contributed by atoms with Crippen LogP contribution < -0.4 is 5.56 Å². The van der Waals surface area contributed by atoms with Crippen LogP contribution in [0, 0.1) is 5.41 Å². The summed E-state index contributed by atoms with van der Waals surface area (Å²) in [5.41, 5.74) is 0.211. The SMILES string of the molecule is CCOC1CC(N(C)C(=O)c2ccc(=O)n(C)n2)C12CCCCC2. The smallest absolute Gasteiger partial charge is 0.274 e. The molecule has 2 atom stereocenters. The first-order chi connectivity index (χ1) is 11.5. The monoisotopic (exact) mass is 333 g/mol. The Morgan fingerprint density at radius 3 is 2.71 bits per heavy atom. The van der Waals surface area contributed by atoms with Crippen molar-refractivity contribution in [2.24, 2.45) is 12.5 Å². The van der Waals surface area contributed by atoms with Crippen LogP contribution in [0.5, 0.6) is 0 Å². The van der Waals surface area contributed by atoms with Crippen LogP contribution in [-0.2, 0) is 11.8 Å². The van der Waals surface area contributed by atoms with Gasteiger partial charge in [-0.1, -0.05) is 19.3 Å². The summed E-state index contributed by atoms with van der Waals surface area (Å²) in [6.45, 7) is 2.76. The fourth-order valence-electron chi connectivity index (χ4n) is 4.51. The van der Waals surface area contributed by atoms with Gasteiger partial charge in [0.25, 0.3) is 11.5 Å². The largest absolute Gasteiger partial charge is 0.378 e. The molecule has 6 heteroatoms. The Labute approximate surface area is 142 Å². The molecule has 2 aliphatic rings. The zero-order chi connectivity index (χ0) is 17.3. The topological polar surface area (TPSA) is 64.4 Å². The van der Waals surface area contributed by atoms with Crippen molar-refractivity contribution in [3.63, 3.8) is 0 Å². The van der Waals surface area contributed by atoms with Crippen molar-refractivity contribution in [3.8, 4) is 0 Å². The number of amides is 1. The van der Waals surface area contributed by atoms with Crippen LogP contribution in [-0.4, -0.2) is 46.4 Å². The second-order valence-electron chi connectivity index (χ2n) is 7.09. The molecule has 0 saturated heterocycles. The highest BCUT2D eigenvalue weighted by Crippen LogP contribution is 2.55. The summed E-state index contributed by atoms with van der Waals surface area (Å²) in [6, 6.07) is 3.11. The Morgan fingerprint density at radius 1 is 1.38 bits per heavy atom. The lowest BCUT2D eigenvalue weighted by Gasteiger charge is -2.60. The molecule has 2 unspecified atom stereocenters. The van der Waals surface area contributed by atoms with Crippen LogP contribution in [0.15, 0.2) is 16.9 Å². The lowest BCUT2D eigenvalue weighted by Crippen LogP contribution is -2.65. The van der Waals surface area contributed by atoms with Gasteiger partial charge in [-0.2, -0.15) is 5.10 Å². The van der Waals surface area contributed by atoms with Gasteiger partial charge in [0.2, 0.25) is 0 Å². The van der Waals surface area contributed by atoms with Crippen LogP contribution in [0.1, 0.15) is 55.9 Å². The standard InChI is InChI=1S/C18H27N3O3/c1-4-24-15-12-14(18(15)10-6-5-7-11-18)20(2)17(23)13-8-9-16(22)21(3)19-13/h8-9,14-15H,4-7,10-12H2,1-3H3. The van der Waals surface area contributed by atoms with Crippen molar-refractivity contribution in [1.82, 2.24) is 14.7 Å². The lowest BCUT2D eigenvalue weighted by atomic mass is 9.54. The van der Waals surface area contributed by atoms with Crippen LogP contribution in [0.3, 0.4) is 0 Å². The third-order valence-electron chi connectivity index (χ3n) is 5.86. The maximum absolute atomic E-state index is 12.8. The maximum atomic E-state index is 12.8. The number of hydrogen-bond donors (Lipinski definition) is 0. The number of ether oxygens (including phenoxy) is 1. The average Bonchev–Trinajstić information content (AvgIpc) is 2.60. The molecule has 3 rings (SSSR count). The normalized spacial score (nSPS) is 25.3. The molecule has 132 valence electrons. The van der Waals surface area contributed by atoms with Crippen molar-refractivity contribution in [3.05, 3.63) is 28.2 Å². The zero-order valence-corrected chi connectivity index (χ0v) is 14.8. The van der Waals surface area contributed by atoms with Gasteiger partial charge in [-0.15, -0.1) is 0 Å². The fraction of sp³-hybridized carbons (Fsp3) is 0.722. The van der Waals surface area contributed by atoms with Gasteiger partial charge in [0, 0.05) is 38.2 Å². The van der Waals surface area contributed by atoms with E-state index in [1.165, 1.54) is 36.1 Å². The Morgan fingerprint density at radius 2 is 2.08 bits per heavy atom. The van der Waals surface area contributed by atoms with Crippen molar-refractivity contribution >= 4 is 5.91 Å². The van der Waals surface area contributed by atoms with E-state index < -0.39 is 0 Å². The van der Waals surface area contributed by atoms with Crippen molar-refractivity contribution in [1.29, 1.82) is 0 Å². The Hall–Kier alpha value is -1.69. The van der Waals surface area contributed by atoms with Gasteiger partial charge in [0.05, 0.1) is 6.10 Å². The van der Waals surface area contributed by atoms with Crippen molar-refractivity contribution < 1.29 is 9.53 Å². The van der Waals surface area contributed by atoms with E-state index in [9.17, 15) is 9.59 Å². The number of aromatic nitrogens is 2. The number of rotatable bonds is 4. The molecular formula is C18H27N3O3. The van der Waals surface area contributed by atoms with Crippen LogP contribution in [0.25, 0.3) is 0 Å². The van der Waals surface area contributed by atoms with Crippen LogP contribution in [0.4, 0.5) is 0 Å². The predicted octanol–water partition coefficient (Wildman–Crippen LogP) is 1.98. The van der Waals surface area contributed by atoms with Gasteiger partial charge >= 0.3 is 0 Å². The van der Waals surface area contributed by atoms with E-state index in [4.69, 9.17) is 4.74 Å². The minimum Gasteiger partial charge on any atom is -0.378 e. The van der Waals surface area contributed by atoms with Crippen LogP contribution >= 0.6 is 0 Å². The lowest BCUT2D eigenvalue weighted by molar-refractivity contribution is -0.170. The first-order valence-corrected chi connectivity index (χ1v) is 8.92. The van der Waals surface area contributed by atoms with Crippen LogP contribution in [0.2, 0.25) is 0 Å². The Kier molecular flexibility index (Phi) is 4.76. The van der Waals surface area contributed by atoms with E-state index in [1.54, 1.807) is 7.05 Å². The number of carbonyl (C=O) groups is 1. The van der Waals surface area contributed by atoms with E-state index in [0.29, 0.717) is 5.69 Å². The molecule has 0 aromatic carbocycles. The van der Waals surface area contributed by atoms with Crippen molar-refractivity contribution in [2.75, 3.05) is 13.7 Å².